The fourth-order valence-corrected chi connectivity index (χ4v) is 4.15. The molecule has 166 valence electrons. The third kappa shape index (κ3) is 5.16. The standard InChI is InChI=1S/C23H18FN5O3S/c1-14-19-10-20(33-23(19)29(28-14)12-16-2-6-17(24)7-3-16)22(31)27-26-21(30)13-32-18-8-4-15(11-25)5-9-18/h2-10H,12-13H2,1H3,(H,26,30)(H,27,31). The molecular formula is C23H18FN5O3S. The zero-order valence-electron chi connectivity index (χ0n) is 17.5. The van der Waals surface area contributed by atoms with E-state index in [4.69, 9.17) is 10.00 Å². The maximum absolute atomic E-state index is 13.2. The molecule has 2 aromatic carbocycles. The minimum absolute atomic E-state index is 0.301. The van der Waals surface area contributed by atoms with Crippen molar-refractivity contribution >= 4 is 33.4 Å². The lowest BCUT2D eigenvalue weighted by molar-refractivity contribution is -0.123. The molecule has 0 aliphatic carbocycles. The molecule has 8 nitrogen and oxygen atoms in total. The Labute approximate surface area is 192 Å². The van der Waals surface area contributed by atoms with Crippen LogP contribution in [0.1, 0.15) is 26.5 Å². The molecule has 0 radical (unpaired) electrons. The van der Waals surface area contributed by atoms with Gasteiger partial charge in [0.15, 0.2) is 6.61 Å². The van der Waals surface area contributed by atoms with Crippen LogP contribution in [0.4, 0.5) is 4.39 Å². The van der Waals surface area contributed by atoms with Crippen LogP contribution in [0.15, 0.2) is 54.6 Å². The van der Waals surface area contributed by atoms with Crippen molar-refractivity contribution < 1.29 is 18.7 Å². The lowest BCUT2D eigenvalue weighted by Crippen LogP contribution is -2.43. The van der Waals surface area contributed by atoms with E-state index < -0.39 is 11.8 Å². The van der Waals surface area contributed by atoms with E-state index in [0.29, 0.717) is 22.7 Å². The predicted octanol–water partition coefficient (Wildman–Crippen LogP) is 3.31. The van der Waals surface area contributed by atoms with Gasteiger partial charge in [-0.15, -0.1) is 11.3 Å². The smallest absolute Gasteiger partial charge is 0.279 e. The van der Waals surface area contributed by atoms with Crippen LogP contribution >= 0.6 is 11.3 Å². The molecule has 4 rings (SSSR count). The molecule has 2 aromatic heterocycles. The fourth-order valence-electron chi connectivity index (χ4n) is 3.09. The number of carbonyl (C=O) groups excluding carboxylic acids is 2. The number of carbonyl (C=O) groups is 2. The third-order valence-electron chi connectivity index (χ3n) is 4.75. The molecular weight excluding hydrogens is 445 g/mol. The van der Waals surface area contributed by atoms with Crippen molar-refractivity contribution in [2.45, 2.75) is 13.5 Å². The van der Waals surface area contributed by atoms with Crippen molar-refractivity contribution in [3.63, 3.8) is 0 Å². The first-order chi connectivity index (χ1) is 15.9. The quantitative estimate of drug-likeness (QED) is 0.427. The average molecular weight is 463 g/mol. The third-order valence-corrected chi connectivity index (χ3v) is 5.89. The number of aromatic nitrogens is 2. The SMILES string of the molecule is Cc1nn(Cc2ccc(F)cc2)c2sc(C(=O)NNC(=O)COc3ccc(C#N)cc3)cc12. The lowest BCUT2D eigenvalue weighted by Gasteiger charge is -2.08. The van der Waals surface area contributed by atoms with Gasteiger partial charge in [-0.25, -0.2) is 4.39 Å². The van der Waals surface area contributed by atoms with E-state index in [2.05, 4.69) is 16.0 Å². The Morgan fingerprint density at radius 3 is 2.58 bits per heavy atom. The highest BCUT2D eigenvalue weighted by atomic mass is 32.1. The number of amides is 2. The number of thiophene rings is 1. The molecule has 0 saturated carbocycles. The summed E-state index contributed by atoms with van der Waals surface area (Å²) in [6.45, 7) is 1.99. The first-order valence-corrected chi connectivity index (χ1v) is 10.7. The topological polar surface area (TPSA) is 109 Å². The van der Waals surface area contributed by atoms with Gasteiger partial charge in [-0.2, -0.15) is 10.4 Å². The molecule has 33 heavy (non-hydrogen) atoms. The summed E-state index contributed by atoms with van der Waals surface area (Å²) in [7, 11) is 0. The van der Waals surface area contributed by atoms with Crippen molar-refractivity contribution in [1.29, 1.82) is 5.26 Å². The molecule has 10 heteroatoms. The van der Waals surface area contributed by atoms with Crippen LogP contribution in [0.2, 0.25) is 0 Å². The van der Waals surface area contributed by atoms with Crippen molar-refractivity contribution in [3.8, 4) is 11.8 Å². The summed E-state index contributed by atoms with van der Waals surface area (Å²) in [5.41, 5.74) is 6.83. The lowest BCUT2D eigenvalue weighted by atomic mass is 10.2. The highest BCUT2D eigenvalue weighted by Gasteiger charge is 2.17. The number of benzene rings is 2. The van der Waals surface area contributed by atoms with Gasteiger partial charge in [0.1, 0.15) is 16.4 Å². The number of fused-ring (bicyclic) bond motifs is 1. The summed E-state index contributed by atoms with van der Waals surface area (Å²) in [5, 5.41) is 14.1. The van der Waals surface area contributed by atoms with Gasteiger partial charge in [-0.05, 0) is 55.0 Å². The van der Waals surface area contributed by atoms with Crippen molar-refractivity contribution in [1.82, 2.24) is 20.6 Å². The summed E-state index contributed by atoms with van der Waals surface area (Å²) >= 11 is 1.25. The van der Waals surface area contributed by atoms with E-state index >= 15 is 0 Å². The average Bonchev–Trinajstić information content (AvgIpc) is 3.39. The normalized spacial score (nSPS) is 10.6. The molecule has 2 amide bonds. The minimum Gasteiger partial charge on any atom is -0.484 e. The Morgan fingerprint density at radius 1 is 1.15 bits per heavy atom. The molecule has 0 fully saturated rings. The van der Waals surface area contributed by atoms with Crippen LogP contribution in [0.3, 0.4) is 0 Å². The number of hydrazine groups is 1. The Morgan fingerprint density at radius 2 is 1.88 bits per heavy atom. The van der Waals surface area contributed by atoms with Gasteiger partial charge < -0.3 is 4.74 Å². The van der Waals surface area contributed by atoms with Crippen LogP contribution in [-0.4, -0.2) is 28.2 Å². The summed E-state index contributed by atoms with van der Waals surface area (Å²) in [4.78, 5) is 25.7. The van der Waals surface area contributed by atoms with Gasteiger partial charge in [0.2, 0.25) is 0 Å². The van der Waals surface area contributed by atoms with Crippen LogP contribution in [0, 0.1) is 24.1 Å². The second-order valence-electron chi connectivity index (χ2n) is 7.13. The monoisotopic (exact) mass is 463 g/mol. The molecule has 0 atom stereocenters. The Bertz CT molecular complexity index is 1350. The Hall–Kier alpha value is -4.23. The maximum Gasteiger partial charge on any atom is 0.279 e. The number of halogens is 1. The predicted molar refractivity (Wildman–Crippen MR) is 120 cm³/mol. The Balaban J connectivity index is 1.36. The number of ether oxygens (including phenoxy) is 1. The summed E-state index contributed by atoms with van der Waals surface area (Å²) in [6, 6.07) is 16.2. The van der Waals surface area contributed by atoms with E-state index in [1.807, 2.05) is 13.0 Å². The molecule has 4 aromatic rings. The number of hydrogen-bond acceptors (Lipinski definition) is 6. The molecule has 0 bridgehead atoms. The second kappa shape index (κ2) is 9.50. The maximum atomic E-state index is 13.2. The molecule has 2 heterocycles. The first-order valence-electron chi connectivity index (χ1n) is 9.86. The Kier molecular flexibility index (Phi) is 6.33. The molecule has 0 unspecified atom stereocenters. The van der Waals surface area contributed by atoms with Crippen LogP contribution in [0.25, 0.3) is 10.2 Å². The zero-order chi connectivity index (χ0) is 23.4. The molecule has 0 saturated heterocycles. The molecule has 0 aliphatic rings. The van der Waals surface area contributed by atoms with Gasteiger partial charge in [-0.3, -0.25) is 25.1 Å². The largest absolute Gasteiger partial charge is 0.484 e. The van der Waals surface area contributed by atoms with Crippen molar-refractivity contribution in [2.75, 3.05) is 6.61 Å². The highest BCUT2D eigenvalue weighted by Crippen LogP contribution is 2.28. The molecule has 0 spiro atoms. The van der Waals surface area contributed by atoms with Gasteiger partial charge in [0, 0.05) is 5.39 Å². The first kappa shape index (κ1) is 22.0. The van der Waals surface area contributed by atoms with E-state index in [1.165, 1.54) is 23.5 Å². The van der Waals surface area contributed by atoms with Crippen LogP contribution in [0.5, 0.6) is 5.75 Å². The van der Waals surface area contributed by atoms with Crippen LogP contribution in [-0.2, 0) is 11.3 Å². The molecule has 2 N–H and O–H groups in total. The van der Waals surface area contributed by atoms with Crippen molar-refractivity contribution in [3.05, 3.63) is 82.1 Å². The number of aryl methyl sites for hydroxylation is 1. The second-order valence-corrected chi connectivity index (χ2v) is 8.16. The van der Waals surface area contributed by atoms with Gasteiger partial charge >= 0.3 is 0 Å². The summed E-state index contributed by atoms with van der Waals surface area (Å²) in [5.74, 6) is -0.871. The van der Waals surface area contributed by atoms with E-state index in [0.717, 1.165) is 21.5 Å². The highest BCUT2D eigenvalue weighted by molar-refractivity contribution is 7.20. The number of rotatable bonds is 6. The number of nitrogens with zero attached hydrogens (tertiary/aromatic N) is 3. The van der Waals surface area contributed by atoms with Gasteiger partial charge in [-0.1, -0.05) is 12.1 Å². The van der Waals surface area contributed by atoms with E-state index in [-0.39, 0.29) is 12.4 Å². The minimum atomic E-state index is -0.535. The number of nitriles is 1. The van der Waals surface area contributed by atoms with Crippen molar-refractivity contribution in [2.24, 2.45) is 0 Å². The molecule has 0 aliphatic heterocycles. The van der Waals surface area contributed by atoms with E-state index in [9.17, 15) is 14.0 Å². The summed E-state index contributed by atoms with van der Waals surface area (Å²) in [6.07, 6.45) is 0. The van der Waals surface area contributed by atoms with Gasteiger partial charge in [0.05, 0.1) is 28.7 Å². The van der Waals surface area contributed by atoms with Crippen LogP contribution < -0.4 is 15.6 Å². The number of nitrogens with one attached hydrogen (secondary N) is 2. The van der Waals surface area contributed by atoms with Gasteiger partial charge in [0.25, 0.3) is 11.8 Å². The summed E-state index contributed by atoms with van der Waals surface area (Å²) < 4.78 is 20.3. The van der Waals surface area contributed by atoms with E-state index in [1.54, 1.807) is 47.1 Å². The number of hydrogen-bond donors (Lipinski definition) is 2. The fraction of sp³-hybridized carbons (Fsp3) is 0.130. The zero-order valence-corrected chi connectivity index (χ0v) is 18.3.